The van der Waals surface area contributed by atoms with Crippen molar-refractivity contribution in [3.63, 3.8) is 0 Å². The van der Waals surface area contributed by atoms with E-state index >= 15 is 0 Å². The largest absolute Gasteiger partial charge is 0.396 e. The third-order valence-electron chi connectivity index (χ3n) is 4.97. The van der Waals surface area contributed by atoms with Gasteiger partial charge in [0.15, 0.2) is 0 Å². The van der Waals surface area contributed by atoms with Crippen LogP contribution < -0.4 is 0 Å². The summed E-state index contributed by atoms with van der Waals surface area (Å²) in [5.74, 6) is 0. The third kappa shape index (κ3) is 2.57. The second-order valence-electron chi connectivity index (χ2n) is 6.38. The van der Waals surface area contributed by atoms with Crippen LogP contribution in [0.15, 0.2) is 0 Å². The predicted octanol–water partition coefficient (Wildman–Crippen LogP) is 0.556. The molecule has 0 aromatic rings. The van der Waals surface area contributed by atoms with Gasteiger partial charge in [-0.3, -0.25) is 4.90 Å². The van der Waals surface area contributed by atoms with E-state index in [1.165, 1.54) is 45.4 Å². The van der Waals surface area contributed by atoms with E-state index < -0.39 is 0 Å². The van der Waals surface area contributed by atoms with Crippen molar-refractivity contribution in [1.29, 1.82) is 0 Å². The Morgan fingerprint density at radius 3 is 2.89 bits per heavy atom. The molecule has 1 N–H and O–H groups in total. The molecule has 18 heavy (non-hydrogen) atoms. The number of hydrogen-bond donors (Lipinski definition) is 1. The van der Waals surface area contributed by atoms with E-state index in [9.17, 15) is 5.11 Å². The van der Waals surface area contributed by atoms with Crippen molar-refractivity contribution < 1.29 is 9.84 Å². The number of aliphatic hydroxyl groups is 1. The van der Waals surface area contributed by atoms with E-state index in [1.54, 1.807) is 0 Å². The summed E-state index contributed by atoms with van der Waals surface area (Å²) < 4.78 is 5.51. The molecule has 0 aliphatic carbocycles. The Morgan fingerprint density at radius 1 is 1.22 bits per heavy atom. The minimum absolute atomic E-state index is 0.0216. The van der Waals surface area contributed by atoms with Crippen LogP contribution in [-0.2, 0) is 4.74 Å². The van der Waals surface area contributed by atoms with Crippen LogP contribution in [0.1, 0.15) is 25.7 Å². The van der Waals surface area contributed by atoms with E-state index in [4.69, 9.17) is 4.74 Å². The average Bonchev–Trinajstić information content (AvgIpc) is 2.97. The molecule has 3 rings (SSSR count). The minimum Gasteiger partial charge on any atom is -0.396 e. The highest BCUT2D eigenvalue weighted by Gasteiger charge is 2.38. The SMILES string of the molecule is OCC1(CN2CCCN3CCCC3C2)CCOC1. The summed E-state index contributed by atoms with van der Waals surface area (Å²) in [6.07, 6.45) is 5.03. The van der Waals surface area contributed by atoms with Crippen molar-refractivity contribution in [3.8, 4) is 0 Å². The first-order chi connectivity index (χ1) is 8.81. The fourth-order valence-electron chi connectivity index (χ4n) is 3.85. The molecule has 0 spiro atoms. The van der Waals surface area contributed by atoms with Crippen molar-refractivity contribution in [2.24, 2.45) is 5.41 Å². The van der Waals surface area contributed by atoms with Crippen LogP contribution in [0.2, 0.25) is 0 Å². The van der Waals surface area contributed by atoms with Crippen LogP contribution in [0, 0.1) is 5.41 Å². The summed E-state index contributed by atoms with van der Waals surface area (Å²) in [6.45, 7) is 7.82. The maximum absolute atomic E-state index is 9.69. The van der Waals surface area contributed by atoms with Crippen molar-refractivity contribution in [2.45, 2.75) is 31.7 Å². The van der Waals surface area contributed by atoms with Gasteiger partial charge in [0.1, 0.15) is 0 Å². The van der Waals surface area contributed by atoms with Gasteiger partial charge in [-0.25, -0.2) is 0 Å². The van der Waals surface area contributed by atoms with Gasteiger partial charge in [-0.2, -0.15) is 0 Å². The van der Waals surface area contributed by atoms with Crippen LogP contribution in [-0.4, -0.2) is 73.5 Å². The monoisotopic (exact) mass is 254 g/mol. The maximum atomic E-state index is 9.69. The molecule has 0 saturated carbocycles. The van der Waals surface area contributed by atoms with Gasteiger partial charge in [0, 0.05) is 31.2 Å². The summed E-state index contributed by atoms with van der Waals surface area (Å²) in [4.78, 5) is 5.25. The summed E-state index contributed by atoms with van der Waals surface area (Å²) in [7, 11) is 0. The Morgan fingerprint density at radius 2 is 2.11 bits per heavy atom. The lowest BCUT2D eigenvalue weighted by Gasteiger charge is -2.33. The molecule has 3 saturated heterocycles. The minimum atomic E-state index is 0.0216. The molecule has 104 valence electrons. The molecule has 0 radical (unpaired) electrons. The van der Waals surface area contributed by atoms with Crippen molar-refractivity contribution in [1.82, 2.24) is 9.80 Å². The molecule has 4 nitrogen and oxygen atoms in total. The van der Waals surface area contributed by atoms with Gasteiger partial charge >= 0.3 is 0 Å². The zero-order chi connectivity index (χ0) is 12.4. The zero-order valence-electron chi connectivity index (χ0n) is 11.3. The van der Waals surface area contributed by atoms with Gasteiger partial charge in [0.05, 0.1) is 13.2 Å². The van der Waals surface area contributed by atoms with Crippen LogP contribution in [0.3, 0.4) is 0 Å². The van der Waals surface area contributed by atoms with Crippen LogP contribution in [0.25, 0.3) is 0 Å². The number of rotatable bonds is 3. The number of ether oxygens (including phenoxy) is 1. The molecule has 2 atom stereocenters. The highest BCUT2D eigenvalue weighted by atomic mass is 16.5. The van der Waals surface area contributed by atoms with Gasteiger partial charge in [0.2, 0.25) is 0 Å². The van der Waals surface area contributed by atoms with Gasteiger partial charge in [0.25, 0.3) is 0 Å². The van der Waals surface area contributed by atoms with Crippen molar-refractivity contribution in [2.75, 3.05) is 52.5 Å². The third-order valence-corrected chi connectivity index (χ3v) is 4.97. The molecule has 0 bridgehead atoms. The van der Waals surface area contributed by atoms with E-state index in [1.807, 2.05) is 0 Å². The molecule has 2 unspecified atom stereocenters. The Labute approximate surface area is 110 Å². The van der Waals surface area contributed by atoms with Gasteiger partial charge in [-0.1, -0.05) is 0 Å². The maximum Gasteiger partial charge on any atom is 0.0557 e. The summed E-state index contributed by atoms with van der Waals surface area (Å²) in [5, 5.41) is 9.69. The smallest absolute Gasteiger partial charge is 0.0557 e. The lowest BCUT2D eigenvalue weighted by atomic mass is 9.87. The highest BCUT2D eigenvalue weighted by Crippen LogP contribution is 2.30. The molecule has 0 amide bonds. The van der Waals surface area contributed by atoms with E-state index in [0.717, 1.165) is 32.2 Å². The second-order valence-corrected chi connectivity index (χ2v) is 6.38. The Balaban J connectivity index is 1.61. The predicted molar refractivity (Wildman–Crippen MR) is 70.6 cm³/mol. The first-order valence-electron chi connectivity index (χ1n) is 7.46. The highest BCUT2D eigenvalue weighted by molar-refractivity contribution is 4.90. The topological polar surface area (TPSA) is 35.9 Å². The van der Waals surface area contributed by atoms with E-state index in [2.05, 4.69) is 9.80 Å². The molecule has 3 aliphatic rings. The van der Waals surface area contributed by atoms with Crippen LogP contribution in [0.5, 0.6) is 0 Å². The van der Waals surface area contributed by atoms with Crippen LogP contribution in [0.4, 0.5) is 0 Å². The second kappa shape index (κ2) is 5.45. The van der Waals surface area contributed by atoms with Gasteiger partial charge < -0.3 is 14.7 Å². The fraction of sp³-hybridized carbons (Fsp3) is 1.00. The molecule has 4 heteroatoms. The summed E-state index contributed by atoms with van der Waals surface area (Å²) in [6, 6.07) is 0.769. The summed E-state index contributed by atoms with van der Waals surface area (Å²) >= 11 is 0. The molecule has 3 heterocycles. The number of nitrogens with zero attached hydrogens (tertiary/aromatic N) is 2. The Kier molecular flexibility index (Phi) is 3.89. The molecule has 3 fully saturated rings. The number of aliphatic hydroxyl groups excluding tert-OH is 1. The first kappa shape index (κ1) is 12.9. The van der Waals surface area contributed by atoms with E-state index in [0.29, 0.717) is 0 Å². The van der Waals surface area contributed by atoms with Gasteiger partial charge in [-0.05, 0) is 45.3 Å². The average molecular weight is 254 g/mol. The first-order valence-corrected chi connectivity index (χ1v) is 7.46. The van der Waals surface area contributed by atoms with Crippen molar-refractivity contribution in [3.05, 3.63) is 0 Å². The number of hydrogen-bond acceptors (Lipinski definition) is 4. The van der Waals surface area contributed by atoms with Gasteiger partial charge in [-0.15, -0.1) is 0 Å². The molecule has 3 aliphatic heterocycles. The lowest BCUT2D eigenvalue weighted by Crippen LogP contribution is -2.44. The fourth-order valence-corrected chi connectivity index (χ4v) is 3.85. The standard InChI is InChI=1S/C14H26N2O2/c17-11-14(4-8-18-12-14)10-15-5-2-7-16-6-1-3-13(16)9-15/h13,17H,1-12H2. The zero-order valence-corrected chi connectivity index (χ0v) is 11.3. The summed E-state index contributed by atoms with van der Waals surface area (Å²) in [5.41, 5.74) is 0.0216. The van der Waals surface area contributed by atoms with Crippen molar-refractivity contribution >= 4 is 0 Å². The molecular weight excluding hydrogens is 228 g/mol. The molecule has 0 aromatic carbocycles. The lowest BCUT2D eigenvalue weighted by molar-refractivity contribution is 0.0544. The number of fused-ring (bicyclic) bond motifs is 1. The quantitative estimate of drug-likeness (QED) is 0.798. The van der Waals surface area contributed by atoms with Crippen LogP contribution >= 0.6 is 0 Å². The normalized spacial score (nSPS) is 38.8. The molecular formula is C14H26N2O2. The van der Waals surface area contributed by atoms with E-state index in [-0.39, 0.29) is 12.0 Å². The Bertz CT molecular complexity index is 279. The molecule has 0 aromatic heterocycles. The Hall–Kier alpha value is -0.160.